The van der Waals surface area contributed by atoms with Gasteiger partial charge in [-0.1, -0.05) is 13.3 Å². The predicted octanol–water partition coefficient (Wildman–Crippen LogP) is 0.731. The zero-order chi connectivity index (χ0) is 12.8. The summed E-state index contributed by atoms with van der Waals surface area (Å²) in [5.41, 5.74) is 5.55. The van der Waals surface area contributed by atoms with E-state index in [4.69, 9.17) is 10.8 Å². The largest absolute Gasteiger partial charge is 0.481 e. The quantitative estimate of drug-likeness (QED) is 0.585. The lowest BCUT2D eigenvalue weighted by Crippen LogP contribution is -2.43. The molecule has 0 heterocycles. The molecular formula is C12H22N2O3. The third kappa shape index (κ3) is 4.73. The van der Waals surface area contributed by atoms with Crippen molar-refractivity contribution in [2.75, 3.05) is 6.54 Å². The summed E-state index contributed by atoms with van der Waals surface area (Å²) in [5.74, 6) is -0.792. The van der Waals surface area contributed by atoms with E-state index in [1.165, 1.54) is 0 Å². The zero-order valence-corrected chi connectivity index (χ0v) is 10.3. The molecule has 1 amide bonds. The Kier molecular flexibility index (Phi) is 5.41. The van der Waals surface area contributed by atoms with Gasteiger partial charge in [0, 0.05) is 12.6 Å². The zero-order valence-electron chi connectivity index (χ0n) is 10.3. The molecular weight excluding hydrogens is 220 g/mol. The third-order valence-corrected chi connectivity index (χ3v) is 3.21. The van der Waals surface area contributed by atoms with Gasteiger partial charge >= 0.3 is 5.97 Å². The molecule has 5 nitrogen and oxygen atoms in total. The van der Waals surface area contributed by atoms with E-state index < -0.39 is 5.97 Å². The molecule has 0 aliphatic heterocycles. The molecule has 0 spiro atoms. The van der Waals surface area contributed by atoms with Crippen molar-refractivity contribution < 1.29 is 14.7 Å². The first kappa shape index (κ1) is 14.0. The van der Waals surface area contributed by atoms with Gasteiger partial charge in [0.15, 0.2) is 0 Å². The molecule has 5 heteroatoms. The summed E-state index contributed by atoms with van der Waals surface area (Å²) in [6.45, 7) is 2.33. The maximum Gasteiger partial charge on any atom is 0.305 e. The van der Waals surface area contributed by atoms with E-state index in [1.807, 2.05) is 6.92 Å². The molecule has 17 heavy (non-hydrogen) atoms. The van der Waals surface area contributed by atoms with Gasteiger partial charge in [0.05, 0.1) is 12.3 Å². The van der Waals surface area contributed by atoms with E-state index in [0.717, 1.165) is 25.7 Å². The molecule has 1 aliphatic carbocycles. The topological polar surface area (TPSA) is 92.4 Å². The van der Waals surface area contributed by atoms with Crippen molar-refractivity contribution in [2.24, 2.45) is 17.6 Å². The number of carboxylic acid groups (broad SMARTS) is 1. The molecule has 4 N–H and O–H groups in total. The standard InChI is InChI=1S/C12H22N2O3/c1-2-3-9(7-13)12(17)14-10(6-11(15)16)8-4-5-8/h8-10H,2-7,13H2,1H3,(H,14,17)(H,15,16). The van der Waals surface area contributed by atoms with E-state index in [2.05, 4.69) is 5.32 Å². The highest BCUT2D eigenvalue weighted by atomic mass is 16.4. The molecule has 0 aromatic rings. The van der Waals surface area contributed by atoms with Gasteiger partial charge in [0.1, 0.15) is 0 Å². The Bertz CT molecular complexity index is 277. The minimum absolute atomic E-state index is 0.0137. The number of carbonyl (C=O) groups excluding carboxylic acids is 1. The summed E-state index contributed by atoms with van der Waals surface area (Å²) in [6.07, 6.45) is 3.70. The first-order valence-corrected chi connectivity index (χ1v) is 6.30. The highest BCUT2D eigenvalue weighted by Crippen LogP contribution is 2.34. The van der Waals surface area contributed by atoms with Crippen LogP contribution in [0.2, 0.25) is 0 Å². The maximum atomic E-state index is 11.9. The molecule has 1 aliphatic rings. The average molecular weight is 242 g/mol. The van der Waals surface area contributed by atoms with Crippen molar-refractivity contribution >= 4 is 11.9 Å². The fourth-order valence-corrected chi connectivity index (χ4v) is 2.03. The van der Waals surface area contributed by atoms with E-state index >= 15 is 0 Å². The summed E-state index contributed by atoms with van der Waals surface area (Å²) in [5, 5.41) is 11.6. The lowest BCUT2D eigenvalue weighted by molar-refractivity contribution is -0.138. The van der Waals surface area contributed by atoms with Gasteiger partial charge < -0.3 is 16.2 Å². The van der Waals surface area contributed by atoms with E-state index in [-0.39, 0.29) is 24.3 Å². The molecule has 2 atom stereocenters. The summed E-state index contributed by atoms with van der Waals surface area (Å²) >= 11 is 0. The number of hydrogen-bond acceptors (Lipinski definition) is 3. The summed E-state index contributed by atoms with van der Waals surface area (Å²) < 4.78 is 0. The maximum absolute atomic E-state index is 11.9. The SMILES string of the molecule is CCCC(CN)C(=O)NC(CC(=O)O)C1CC1. The Labute approximate surface area is 102 Å². The Morgan fingerprint density at radius 2 is 2.12 bits per heavy atom. The second kappa shape index (κ2) is 6.59. The molecule has 0 bridgehead atoms. The smallest absolute Gasteiger partial charge is 0.305 e. The van der Waals surface area contributed by atoms with Crippen LogP contribution < -0.4 is 11.1 Å². The molecule has 0 saturated heterocycles. The van der Waals surface area contributed by atoms with Crippen molar-refractivity contribution in [3.63, 3.8) is 0 Å². The number of carbonyl (C=O) groups is 2. The van der Waals surface area contributed by atoms with E-state index in [9.17, 15) is 9.59 Å². The third-order valence-electron chi connectivity index (χ3n) is 3.21. The van der Waals surface area contributed by atoms with Gasteiger partial charge in [-0.05, 0) is 25.2 Å². The fourth-order valence-electron chi connectivity index (χ4n) is 2.03. The normalized spacial score (nSPS) is 18.5. The van der Waals surface area contributed by atoms with Crippen LogP contribution >= 0.6 is 0 Å². The molecule has 0 radical (unpaired) electrons. The molecule has 1 rings (SSSR count). The Hall–Kier alpha value is -1.10. The van der Waals surface area contributed by atoms with Gasteiger partial charge in [0.2, 0.25) is 5.91 Å². The van der Waals surface area contributed by atoms with Crippen molar-refractivity contribution in [1.82, 2.24) is 5.32 Å². The number of aliphatic carboxylic acids is 1. The highest BCUT2D eigenvalue weighted by molar-refractivity contribution is 5.80. The predicted molar refractivity (Wildman–Crippen MR) is 64.4 cm³/mol. The minimum atomic E-state index is -0.859. The van der Waals surface area contributed by atoms with Gasteiger partial charge in [0.25, 0.3) is 0 Å². The number of amides is 1. The average Bonchev–Trinajstić information content (AvgIpc) is 3.07. The highest BCUT2D eigenvalue weighted by Gasteiger charge is 2.34. The lowest BCUT2D eigenvalue weighted by Gasteiger charge is -2.20. The van der Waals surface area contributed by atoms with Crippen LogP contribution in [0.4, 0.5) is 0 Å². The van der Waals surface area contributed by atoms with Gasteiger partial charge in [-0.3, -0.25) is 9.59 Å². The molecule has 1 fully saturated rings. The molecule has 0 aromatic heterocycles. The fraction of sp³-hybridized carbons (Fsp3) is 0.833. The van der Waals surface area contributed by atoms with Crippen LogP contribution in [0.5, 0.6) is 0 Å². The second-order valence-corrected chi connectivity index (χ2v) is 4.77. The summed E-state index contributed by atoms with van der Waals surface area (Å²) in [4.78, 5) is 22.6. The summed E-state index contributed by atoms with van der Waals surface area (Å²) in [6, 6.07) is -0.217. The van der Waals surface area contributed by atoms with Crippen LogP contribution in [-0.2, 0) is 9.59 Å². The van der Waals surface area contributed by atoms with Crippen LogP contribution in [-0.4, -0.2) is 29.6 Å². The Balaban J connectivity index is 2.47. The van der Waals surface area contributed by atoms with Crippen molar-refractivity contribution in [3.05, 3.63) is 0 Å². The van der Waals surface area contributed by atoms with Crippen LogP contribution in [0.1, 0.15) is 39.0 Å². The lowest BCUT2D eigenvalue weighted by atomic mass is 10.0. The molecule has 98 valence electrons. The minimum Gasteiger partial charge on any atom is -0.481 e. The molecule has 1 saturated carbocycles. The van der Waals surface area contributed by atoms with Crippen molar-refractivity contribution in [3.8, 4) is 0 Å². The van der Waals surface area contributed by atoms with E-state index in [1.54, 1.807) is 0 Å². The summed E-state index contributed by atoms with van der Waals surface area (Å²) in [7, 11) is 0. The monoisotopic (exact) mass is 242 g/mol. The van der Waals surface area contributed by atoms with Crippen LogP contribution in [0.15, 0.2) is 0 Å². The second-order valence-electron chi connectivity index (χ2n) is 4.77. The molecule has 0 aromatic carbocycles. The Morgan fingerprint density at radius 3 is 2.53 bits per heavy atom. The van der Waals surface area contributed by atoms with Gasteiger partial charge in [-0.15, -0.1) is 0 Å². The Morgan fingerprint density at radius 1 is 1.47 bits per heavy atom. The first-order chi connectivity index (χ1) is 8.08. The van der Waals surface area contributed by atoms with E-state index in [0.29, 0.717) is 12.5 Å². The van der Waals surface area contributed by atoms with Crippen molar-refractivity contribution in [2.45, 2.75) is 45.1 Å². The number of nitrogens with one attached hydrogen (secondary N) is 1. The number of hydrogen-bond donors (Lipinski definition) is 3. The van der Waals surface area contributed by atoms with Gasteiger partial charge in [-0.25, -0.2) is 0 Å². The van der Waals surface area contributed by atoms with Crippen LogP contribution in [0.25, 0.3) is 0 Å². The van der Waals surface area contributed by atoms with Crippen LogP contribution in [0, 0.1) is 11.8 Å². The van der Waals surface area contributed by atoms with Crippen LogP contribution in [0.3, 0.4) is 0 Å². The van der Waals surface area contributed by atoms with Crippen molar-refractivity contribution in [1.29, 1.82) is 0 Å². The van der Waals surface area contributed by atoms with Gasteiger partial charge in [-0.2, -0.15) is 0 Å². The first-order valence-electron chi connectivity index (χ1n) is 6.30. The molecule has 2 unspecified atom stereocenters. The number of nitrogens with two attached hydrogens (primary N) is 1. The number of carboxylic acids is 1. The number of rotatable bonds is 8.